The van der Waals surface area contributed by atoms with E-state index in [-0.39, 0.29) is 5.75 Å². The molecule has 1 aliphatic carbocycles. The first-order valence-electron chi connectivity index (χ1n) is 12.7. The molecule has 2 aliphatic heterocycles. The smallest absolute Gasteiger partial charge is 0.209 e. The molecular weight excluding hydrogens is 562 g/mol. The summed E-state index contributed by atoms with van der Waals surface area (Å²) < 4.78 is 5.40. The van der Waals surface area contributed by atoms with Crippen molar-refractivity contribution < 1.29 is 70.5 Å². The number of phenols is 1. The van der Waals surface area contributed by atoms with Crippen LogP contribution in [0, 0.1) is 0 Å². The third kappa shape index (κ3) is 5.22. The van der Waals surface area contributed by atoms with E-state index in [1.807, 2.05) is 0 Å². The van der Waals surface area contributed by atoms with Crippen molar-refractivity contribution in [3.8, 4) is 5.75 Å². The maximum atomic E-state index is 13.9. The standard InChI is InChI=1S/C27H31NO14/c29-8-13-20(35)22(37)18(28-13)19(34)12-7-15(33)17(14(32)6-3-10-1-4-11(31)5-2-10)25(40)27(12,41)26-24(39)23(38)21(36)16(9-30)42-26/h1-7,13,16,20-24,26,28-32,34-39,41H,8-9H2/b6-3+,17-14-,19-18-/t13-,16-,20-,21-,22-,23+,24-,26?,27?/m1/s1. The maximum Gasteiger partial charge on any atom is 0.209 e. The summed E-state index contributed by atoms with van der Waals surface area (Å²) in [5.41, 5.74) is -5.57. The Hall–Kier alpha value is -3.64. The molecule has 15 nitrogen and oxygen atoms in total. The van der Waals surface area contributed by atoms with E-state index >= 15 is 0 Å². The number of hydrogen-bond acceptors (Lipinski definition) is 15. The zero-order valence-electron chi connectivity index (χ0n) is 21.7. The minimum atomic E-state index is -3.32. The van der Waals surface area contributed by atoms with Gasteiger partial charge in [0.25, 0.3) is 0 Å². The fraction of sp³-hybridized carbons (Fsp3) is 0.407. The topological polar surface area (TPSA) is 278 Å². The fourth-order valence-corrected chi connectivity index (χ4v) is 5.07. The van der Waals surface area contributed by atoms with E-state index in [9.17, 15) is 65.8 Å². The van der Waals surface area contributed by atoms with Crippen LogP contribution in [-0.2, 0) is 14.3 Å². The predicted octanol–water partition coefficient (Wildman–Crippen LogP) is -3.68. The SMILES string of the molecule is O=C1C=C(/C(O)=C2/N[C@H](CO)[C@@H](O)[C@@H]2O)C(O)(C2O[C@H](CO)[C@@H](O)[C@H](O)[C@H]2O)C(=O)/C1=C(O)/C=C/c1ccc(O)cc1. The Balaban J connectivity index is 1.89. The normalized spacial score (nSPS) is 38.0. The van der Waals surface area contributed by atoms with Crippen molar-refractivity contribution in [1.82, 2.24) is 5.32 Å². The first-order valence-corrected chi connectivity index (χ1v) is 12.7. The molecule has 1 aromatic rings. The number of allylic oxidation sites excluding steroid dienone is 2. The molecule has 9 atom stereocenters. The highest BCUT2D eigenvalue weighted by atomic mass is 16.6. The van der Waals surface area contributed by atoms with Crippen molar-refractivity contribution in [2.24, 2.45) is 0 Å². The van der Waals surface area contributed by atoms with Gasteiger partial charge in [0.2, 0.25) is 5.78 Å². The molecule has 2 unspecified atom stereocenters. The highest BCUT2D eigenvalue weighted by Gasteiger charge is 2.61. The number of benzene rings is 1. The highest BCUT2D eigenvalue weighted by molar-refractivity contribution is 6.31. The molecule has 1 aromatic carbocycles. The lowest BCUT2D eigenvalue weighted by molar-refractivity contribution is -0.259. The fourth-order valence-electron chi connectivity index (χ4n) is 5.07. The second kappa shape index (κ2) is 11.9. The van der Waals surface area contributed by atoms with Crippen LogP contribution >= 0.6 is 0 Å². The van der Waals surface area contributed by atoms with Gasteiger partial charge in [-0.05, 0) is 29.8 Å². The van der Waals surface area contributed by atoms with E-state index in [2.05, 4.69) is 5.32 Å². The molecule has 4 rings (SSSR count). The summed E-state index contributed by atoms with van der Waals surface area (Å²) in [4.78, 5) is 27.0. The van der Waals surface area contributed by atoms with Gasteiger partial charge in [-0.1, -0.05) is 18.2 Å². The summed E-state index contributed by atoms with van der Waals surface area (Å²) in [6.07, 6.45) is -11.2. The second-order valence-electron chi connectivity index (χ2n) is 10.1. The van der Waals surface area contributed by atoms with Crippen LogP contribution in [0.5, 0.6) is 5.75 Å². The van der Waals surface area contributed by atoms with Crippen molar-refractivity contribution in [2.75, 3.05) is 13.2 Å². The van der Waals surface area contributed by atoms with Gasteiger partial charge in [0.15, 0.2) is 11.4 Å². The number of carbonyl (C=O) groups excluding carboxylic acids is 2. The van der Waals surface area contributed by atoms with Crippen LogP contribution in [-0.4, -0.2) is 135 Å². The lowest BCUT2D eigenvalue weighted by Crippen LogP contribution is -2.69. The van der Waals surface area contributed by atoms with E-state index < -0.39 is 108 Å². The zero-order chi connectivity index (χ0) is 31.1. The van der Waals surface area contributed by atoms with Gasteiger partial charge in [0, 0.05) is 5.57 Å². The van der Waals surface area contributed by atoms with Gasteiger partial charge in [-0.25, -0.2) is 0 Å². The Bertz CT molecular complexity index is 1350. The molecule has 228 valence electrons. The number of Topliss-reactive ketones (excluding diaryl/α,β-unsaturated/α-hetero) is 1. The minimum Gasteiger partial charge on any atom is -0.508 e. The van der Waals surface area contributed by atoms with Crippen LogP contribution in [0.4, 0.5) is 0 Å². The van der Waals surface area contributed by atoms with E-state index in [0.29, 0.717) is 11.6 Å². The first-order chi connectivity index (χ1) is 19.8. The van der Waals surface area contributed by atoms with Crippen molar-refractivity contribution in [3.63, 3.8) is 0 Å². The van der Waals surface area contributed by atoms with Gasteiger partial charge < -0.3 is 66.2 Å². The van der Waals surface area contributed by atoms with E-state index in [0.717, 1.165) is 6.08 Å². The molecule has 3 aliphatic rings. The number of rotatable bonds is 6. The van der Waals surface area contributed by atoms with E-state index in [1.54, 1.807) is 0 Å². The summed E-state index contributed by atoms with van der Waals surface area (Å²) in [6.45, 7) is -1.69. The van der Waals surface area contributed by atoms with Crippen LogP contribution in [0.2, 0.25) is 0 Å². The van der Waals surface area contributed by atoms with Crippen LogP contribution < -0.4 is 5.32 Å². The third-order valence-electron chi connectivity index (χ3n) is 7.47. The molecule has 0 spiro atoms. The number of aliphatic hydroxyl groups excluding tert-OH is 9. The second-order valence-corrected chi connectivity index (χ2v) is 10.1. The summed E-state index contributed by atoms with van der Waals surface area (Å²) in [6, 6.07) is 4.32. The number of hydrogen-bond donors (Lipinski definition) is 12. The summed E-state index contributed by atoms with van der Waals surface area (Å²) in [5, 5.41) is 117. The lowest BCUT2D eigenvalue weighted by Gasteiger charge is -2.47. The van der Waals surface area contributed by atoms with Crippen molar-refractivity contribution in [3.05, 3.63) is 70.3 Å². The molecule has 0 amide bonds. The Morgan fingerprint density at radius 2 is 1.57 bits per heavy atom. The first kappa shape index (κ1) is 31.3. The largest absolute Gasteiger partial charge is 0.508 e. The monoisotopic (exact) mass is 593 g/mol. The van der Waals surface area contributed by atoms with Crippen LogP contribution in [0.15, 0.2) is 64.8 Å². The highest BCUT2D eigenvalue weighted by Crippen LogP contribution is 2.42. The molecule has 0 saturated carbocycles. The summed E-state index contributed by atoms with van der Waals surface area (Å²) in [7, 11) is 0. The third-order valence-corrected chi connectivity index (χ3v) is 7.47. The van der Waals surface area contributed by atoms with Crippen molar-refractivity contribution >= 4 is 17.6 Å². The van der Waals surface area contributed by atoms with Gasteiger partial charge in [0.1, 0.15) is 65.6 Å². The Morgan fingerprint density at radius 1 is 0.929 bits per heavy atom. The van der Waals surface area contributed by atoms with E-state index in [1.165, 1.54) is 30.3 Å². The number of aromatic hydroxyl groups is 1. The molecular formula is C27H31NO14. The Kier molecular flexibility index (Phi) is 8.89. The number of aliphatic hydroxyl groups is 10. The maximum absolute atomic E-state index is 13.9. The number of ketones is 2. The molecule has 15 heteroatoms. The molecule has 2 fully saturated rings. The predicted molar refractivity (Wildman–Crippen MR) is 139 cm³/mol. The summed E-state index contributed by atoms with van der Waals surface area (Å²) >= 11 is 0. The van der Waals surface area contributed by atoms with Gasteiger partial charge in [0.05, 0.1) is 25.0 Å². The van der Waals surface area contributed by atoms with E-state index in [4.69, 9.17) is 4.74 Å². The van der Waals surface area contributed by atoms with Gasteiger partial charge >= 0.3 is 0 Å². The molecule has 2 heterocycles. The minimum absolute atomic E-state index is 0.0525. The number of nitrogens with one attached hydrogen (secondary N) is 1. The Labute approximate surface area is 237 Å². The molecule has 0 aromatic heterocycles. The molecule has 0 radical (unpaired) electrons. The van der Waals surface area contributed by atoms with Crippen molar-refractivity contribution in [1.29, 1.82) is 0 Å². The van der Waals surface area contributed by atoms with Gasteiger partial charge in [-0.15, -0.1) is 0 Å². The average molecular weight is 594 g/mol. The van der Waals surface area contributed by atoms with Gasteiger partial charge in [-0.2, -0.15) is 0 Å². The number of ether oxygens (including phenoxy) is 1. The number of phenolic OH excluding ortho intramolecular Hbond substituents is 1. The number of carbonyl (C=O) groups is 2. The Morgan fingerprint density at radius 3 is 2.14 bits per heavy atom. The molecule has 12 N–H and O–H groups in total. The van der Waals surface area contributed by atoms with Crippen LogP contribution in [0.1, 0.15) is 5.56 Å². The average Bonchev–Trinajstić information content (AvgIpc) is 3.26. The molecule has 2 saturated heterocycles. The quantitative estimate of drug-likeness (QED) is 0.0860. The molecule has 42 heavy (non-hydrogen) atoms. The van der Waals surface area contributed by atoms with Crippen LogP contribution in [0.3, 0.4) is 0 Å². The lowest BCUT2D eigenvalue weighted by atomic mass is 9.70. The zero-order valence-corrected chi connectivity index (χ0v) is 21.7. The summed E-state index contributed by atoms with van der Waals surface area (Å²) in [5.74, 6) is -5.09. The van der Waals surface area contributed by atoms with Crippen molar-refractivity contribution in [2.45, 2.75) is 54.4 Å². The molecule has 0 bridgehead atoms. The van der Waals surface area contributed by atoms with Gasteiger partial charge in [-0.3, -0.25) is 9.59 Å². The van der Waals surface area contributed by atoms with Crippen LogP contribution in [0.25, 0.3) is 6.08 Å².